The van der Waals surface area contributed by atoms with Crippen LogP contribution in [0.15, 0.2) is 0 Å². The molecule has 4 atom stereocenters. The molecular formula is C15H30ClNO4. The van der Waals surface area contributed by atoms with Gasteiger partial charge in [0.05, 0.1) is 18.8 Å². The molecule has 0 bridgehead atoms. The fourth-order valence-corrected chi connectivity index (χ4v) is 3.69. The van der Waals surface area contributed by atoms with E-state index in [1.54, 1.807) is 0 Å². The average molecular weight is 324 g/mol. The summed E-state index contributed by atoms with van der Waals surface area (Å²) in [6, 6.07) is -0.459. The van der Waals surface area contributed by atoms with Gasteiger partial charge in [-0.1, -0.05) is 32.1 Å². The molecule has 2 aliphatic rings. The normalized spacial score (nSPS) is 35.4. The van der Waals surface area contributed by atoms with E-state index in [1.807, 2.05) is 4.90 Å². The van der Waals surface area contributed by atoms with Crippen molar-refractivity contribution in [1.29, 1.82) is 0 Å². The standard InChI is InChI=1S/C15H29NO4.ClH/c17-10-12-14(19)15(20)13(18)9-16(12)8-4-7-11-5-2-1-3-6-11;/h11-15,17-20H,1-10H2;1H/t12?,13-,14-,15?;/m1./s1. The maximum absolute atomic E-state index is 9.91. The Balaban J connectivity index is 0.00000220. The third-order valence-corrected chi connectivity index (χ3v) is 5.00. The maximum atomic E-state index is 9.91. The van der Waals surface area contributed by atoms with E-state index in [0.717, 1.165) is 18.9 Å². The molecule has 1 aliphatic heterocycles. The van der Waals surface area contributed by atoms with Crippen LogP contribution in [0, 0.1) is 5.92 Å². The largest absolute Gasteiger partial charge is 0.395 e. The smallest absolute Gasteiger partial charge is 0.109 e. The SMILES string of the molecule is Cl.OCC1[C@@H](O)C(O)[C@H](O)CN1CCCC1CCCCC1. The van der Waals surface area contributed by atoms with Crippen LogP contribution in [-0.2, 0) is 0 Å². The van der Waals surface area contributed by atoms with Crippen LogP contribution >= 0.6 is 12.4 Å². The molecule has 2 unspecified atom stereocenters. The van der Waals surface area contributed by atoms with Gasteiger partial charge in [0, 0.05) is 6.54 Å². The number of β-amino-alcohol motifs (C(OH)–C–C–N with tert-alkyl or cyclic N) is 1. The Labute approximate surface area is 133 Å². The molecule has 0 amide bonds. The Bertz CT molecular complexity index is 289. The molecule has 1 saturated carbocycles. The summed E-state index contributed by atoms with van der Waals surface area (Å²) in [5.41, 5.74) is 0. The molecule has 0 spiro atoms. The number of aliphatic hydroxyl groups is 4. The predicted octanol–water partition coefficient (Wildman–Crippen LogP) is 0.528. The zero-order valence-corrected chi connectivity index (χ0v) is 13.4. The van der Waals surface area contributed by atoms with Crippen molar-refractivity contribution in [2.24, 2.45) is 5.92 Å². The topological polar surface area (TPSA) is 84.2 Å². The van der Waals surface area contributed by atoms with Gasteiger partial charge < -0.3 is 20.4 Å². The second-order valence-corrected chi connectivity index (χ2v) is 6.44. The highest BCUT2D eigenvalue weighted by Crippen LogP contribution is 2.28. The Hall–Kier alpha value is 0.0900. The summed E-state index contributed by atoms with van der Waals surface area (Å²) in [6.45, 7) is 0.908. The summed E-state index contributed by atoms with van der Waals surface area (Å²) in [6.07, 6.45) is 5.77. The first-order chi connectivity index (χ1) is 9.63. The molecule has 21 heavy (non-hydrogen) atoms. The first-order valence-corrected chi connectivity index (χ1v) is 8.02. The molecule has 126 valence electrons. The lowest BCUT2D eigenvalue weighted by atomic mass is 9.86. The second kappa shape index (κ2) is 9.28. The van der Waals surface area contributed by atoms with Crippen LogP contribution in [0.25, 0.3) is 0 Å². The van der Waals surface area contributed by atoms with Crippen molar-refractivity contribution in [1.82, 2.24) is 4.90 Å². The lowest BCUT2D eigenvalue weighted by Gasteiger charge is -2.43. The summed E-state index contributed by atoms with van der Waals surface area (Å²) in [7, 11) is 0. The van der Waals surface area contributed by atoms with Crippen LogP contribution in [0.4, 0.5) is 0 Å². The zero-order chi connectivity index (χ0) is 14.5. The van der Waals surface area contributed by atoms with Crippen molar-refractivity contribution < 1.29 is 20.4 Å². The zero-order valence-electron chi connectivity index (χ0n) is 12.6. The number of aliphatic hydroxyl groups excluding tert-OH is 4. The lowest BCUT2D eigenvalue weighted by Crippen LogP contribution is -2.62. The van der Waals surface area contributed by atoms with Gasteiger partial charge in [0.25, 0.3) is 0 Å². The van der Waals surface area contributed by atoms with Crippen LogP contribution in [-0.4, -0.2) is 69.4 Å². The summed E-state index contributed by atoms with van der Waals surface area (Å²) in [5, 5.41) is 38.7. The number of piperidine rings is 1. The van der Waals surface area contributed by atoms with Crippen LogP contribution in [0.1, 0.15) is 44.9 Å². The minimum absolute atomic E-state index is 0. The number of nitrogens with zero attached hydrogens (tertiary/aromatic N) is 1. The van der Waals surface area contributed by atoms with Crippen molar-refractivity contribution in [3.8, 4) is 0 Å². The van der Waals surface area contributed by atoms with Gasteiger partial charge in [0.15, 0.2) is 0 Å². The number of hydrogen-bond donors (Lipinski definition) is 4. The molecule has 0 aromatic carbocycles. The number of hydrogen-bond acceptors (Lipinski definition) is 5. The molecule has 1 heterocycles. The van der Waals surface area contributed by atoms with E-state index in [4.69, 9.17) is 0 Å². The second-order valence-electron chi connectivity index (χ2n) is 6.44. The van der Waals surface area contributed by atoms with Crippen molar-refractivity contribution in [2.45, 2.75) is 69.3 Å². The highest BCUT2D eigenvalue weighted by molar-refractivity contribution is 5.85. The number of rotatable bonds is 5. The van der Waals surface area contributed by atoms with Crippen molar-refractivity contribution in [3.63, 3.8) is 0 Å². The van der Waals surface area contributed by atoms with E-state index in [2.05, 4.69) is 0 Å². The molecule has 0 aromatic heterocycles. The highest BCUT2D eigenvalue weighted by Gasteiger charge is 2.40. The molecule has 5 nitrogen and oxygen atoms in total. The highest BCUT2D eigenvalue weighted by atomic mass is 35.5. The van der Waals surface area contributed by atoms with E-state index in [1.165, 1.54) is 38.5 Å². The van der Waals surface area contributed by atoms with E-state index in [0.29, 0.717) is 6.54 Å². The van der Waals surface area contributed by atoms with Crippen molar-refractivity contribution in [2.75, 3.05) is 19.7 Å². The van der Waals surface area contributed by atoms with Gasteiger partial charge >= 0.3 is 0 Å². The Kier molecular flexibility index (Phi) is 8.46. The third-order valence-electron chi connectivity index (χ3n) is 5.00. The molecular weight excluding hydrogens is 294 g/mol. The van der Waals surface area contributed by atoms with Crippen LogP contribution < -0.4 is 0 Å². The third kappa shape index (κ3) is 5.05. The van der Waals surface area contributed by atoms with Crippen molar-refractivity contribution >= 4 is 12.4 Å². The fraction of sp³-hybridized carbons (Fsp3) is 1.00. The lowest BCUT2D eigenvalue weighted by molar-refractivity contribution is -0.145. The Morgan fingerprint density at radius 2 is 1.62 bits per heavy atom. The number of likely N-dealkylation sites (tertiary alicyclic amines) is 1. The van der Waals surface area contributed by atoms with Crippen LogP contribution in [0.2, 0.25) is 0 Å². The van der Waals surface area contributed by atoms with Gasteiger partial charge in [-0.2, -0.15) is 0 Å². The minimum Gasteiger partial charge on any atom is -0.395 e. The van der Waals surface area contributed by atoms with Gasteiger partial charge in [-0.15, -0.1) is 12.4 Å². The first kappa shape index (κ1) is 19.1. The van der Waals surface area contributed by atoms with E-state index in [-0.39, 0.29) is 19.0 Å². The summed E-state index contributed by atoms with van der Waals surface area (Å²) < 4.78 is 0. The molecule has 1 aliphatic carbocycles. The van der Waals surface area contributed by atoms with Crippen molar-refractivity contribution in [3.05, 3.63) is 0 Å². The first-order valence-electron chi connectivity index (χ1n) is 8.02. The molecule has 0 aromatic rings. The predicted molar refractivity (Wildman–Crippen MR) is 83.5 cm³/mol. The van der Waals surface area contributed by atoms with Crippen LogP contribution in [0.3, 0.4) is 0 Å². The summed E-state index contributed by atoms with van der Waals surface area (Å²) in [4.78, 5) is 1.92. The van der Waals surface area contributed by atoms with Gasteiger partial charge in [-0.05, 0) is 25.3 Å². The molecule has 2 fully saturated rings. The Morgan fingerprint density at radius 3 is 2.24 bits per heavy atom. The molecule has 6 heteroatoms. The van der Waals surface area contributed by atoms with E-state index in [9.17, 15) is 20.4 Å². The quantitative estimate of drug-likeness (QED) is 0.593. The van der Waals surface area contributed by atoms with Gasteiger partial charge in [-0.3, -0.25) is 4.90 Å². The van der Waals surface area contributed by atoms with E-state index < -0.39 is 24.4 Å². The van der Waals surface area contributed by atoms with Crippen LogP contribution in [0.5, 0.6) is 0 Å². The van der Waals surface area contributed by atoms with Gasteiger partial charge in [-0.25, -0.2) is 0 Å². The summed E-state index contributed by atoms with van der Waals surface area (Å²) in [5.74, 6) is 0.821. The molecule has 1 saturated heterocycles. The van der Waals surface area contributed by atoms with Gasteiger partial charge in [0.2, 0.25) is 0 Å². The minimum atomic E-state index is -1.15. The van der Waals surface area contributed by atoms with Gasteiger partial charge in [0.1, 0.15) is 12.2 Å². The summed E-state index contributed by atoms with van der Waals surface area (Å²) >= 11 is 0. The maximum Gasteiger partial charge on any atom is 0.109 e. The average Bonchev–Trinajstić information content (AvgIpc) is 2.46. The Morgan fingerprint density at radius 1 is 0.952 bits per heavy atom. The fourth-order valence-electron chi connectivity index (χ4n) is 3.69. The molecule has 4 N–H and O–H groups in total. The molecule has 0 radical (unpaired) electrons. The monoisotopic (exact) mass is 323 g/mol. The molecule has 2 rings (SSSR count). The number of halogens is 1. The van der Waals surface area contributed by atoms with E-state index >= 15 is 0 Å².